The van der Waals surface area contributed by atoms with Gasteiger partial charge in [-0.3, -0.25) is 19.2 Å². The van der Waals surface area contributed by atoms with Crippen LogP contribution in [0.4, 0.5) is 10.6 Å². The number of rotatable bonds is 34. The van der Waals surface area contributed by atoms with Crippen molar-refractivity contribution >= 4 is 57.7 Å². The molecule has 0 spiro atoms. The Morgan fingerprint density at radius 1 is 0.717 bits per heavy atom. The van der Waals surface area contributed by atoms with Crippen molar-refractivity contribution in [3.05, 3.63) is 84.0 Å². The number of amides is 3. The third kappa shape index (κ3) is 27.6. The molecule has 4 fully saturated rings. The van der Waals surface area contributed by atoms with Crippen LogP contribution < -0.4 is 26.8 Å². The second-order valence-corrected chi connectivity index (χ2v) is 32.5. The summed E-state index contributed by atoms with van der Waals surface area (Å²) in [5, 5.41) is 57.8. The van der Waals surface area contributed by atoms with Gasteiger partial charge in [0, 0.05) is 87.7 Å². The molecule has 3 aromatic heterocycles. The van der Waals surface area contributed by atoms with E-state index in [1.807, 2.05) is 68.5 Å². The number of carbonyl (C=O) groups is 6. The number of piperidine rings is 1. The lowest BCUT2D eigenvalue weighted by Gasteiger charge is -2.42. The summed E-state index contributed by atoms with van der Waals surface area (Å²) in [5.41, 5.74) is 17.5. The number of hydrogen-bond donors (Lipinski definition) is 9. The molecule has 2 saturated carbocycles. The largest absolute Gasteiger partial charge is 0.495 e. The van der Waals surface area contributed by atoms with Crippen LogP contribution in [-0.2, 0) is 80.8 Å². The predicted octanol–water partition coefficient (Wildman–Crippen LogP) is 7.13. The maximum atomic E-state index is 14.7. The third-order valence-electron chi connectivity index (χ3n) is 23.7. The summed E-state index contributed by atoms with van der Waals surface area (Å²) in [6.07, 6.45) is 10.7. The van der Waals surface area contributed by atoms with Crippen molar-refractivity contribution in [2.75, 3.05) is 139 Å². The molecule has 1 aromatic carbocycles. The van der Waals surface area contributed by atoms with Gasteiger partial charge < -0.3 is 114 Å². The molecule has 5 aliphatic rings. The fourth-order valence-corrected chi connectivity index (χ4v) is 16.6. The summed E-state index contributed by atoms with van der Waals surface area (Å²) in [6.45, 7) is 16.1. The highest BCUT2D eigenvalue weighted by Gasteiger charge is 2.53. The SMILES string of the molecule is COc1cccc2cc(-c3nc(C4CCC(C(=O)NCCOCCOCCOCCOCCOCCOCCOCCNC(=O)O[C@@H]5CC[C@@H](C[C@@H](N)[C@@H]6C[C@@H](O)[C@H](C)/C=C(\C)[C@@H](O)[C@@H](O)C(=O)[C@H](C)C[C@H](C)/C=C/C=C/C=C(\C)[C@@H](OC)C[C@@H]7CC[C@@H](C)[C@@](O)(O7)C(=O)C(=O)N7CCCC[C@H]7C(=O)O6)C[C@H]5OC)CC4)n4ncnc(N)c34)[nH]c12. The van der Waals surface area contributed by atoms with E-state index < -0.39 is 114 Å². The van der Waals surface area contributed by atoms with Crippen molar-refractivity contribution < 1.29 is 111 Å². The summed E-state index contributed by atoms with van der Waals surface area (Å²) in [4.78, 5) is 97.3. The minimum absolute atomic E-state index is 0.0163. The maximum absolute atomic E-state index is 14.7. The number of hydrogen-bond acceptors (Lipinski definition) is 28. The van der Waals surface area contributed by atoms with E-state index in [0.717, 1.165) is 64.3 Å². The molecule has 120 heavy (non-hydrogen) atoms. The molecule has 11 N–H and O–H groups in total. The Labute approximate surface area is 704 Å². The number of para-hydroxylation sites is 1. The van der Waals surface area contributed by atoms with Crippen LogP contribution in [0.5, 0.6) is 5.75 Å². The van der Waals surface area contributed by atoms with Gasteiger partial charge in [0.05, 0.1) is 135 Å². The minimum atomic E-state index is -2.50. The van der Waals surface area contributed by atoms with Gasteiger partial charge >= 0.3 is 12.1 Å². The lowest BCUT2D eigenvalue weighted by atomic mass is 9.80. The van der Waals surface area contributed by atoms with Crippen LogP contribution in [0.15, 0.2) is 78.2 Å². The first-order valence-electron chi connectivity index (χ1n) is 42.8. The number of aliphatic hydroxyl groups is 4. The highest BCUT2D eigenvalue weighted by atomic mass is 16.6. The highest BCUT2D eigenvalue weighted by Crippen LogP contribution is 2.42. The molecular formula is C87H132N10O23. The van der Waals surface area contributed by atoms with Gasteiger partial charge in [-0.05, 0) is 139 Å². The highest BCUT2D eigenvalue weighted by molar-refractivity contribution is 6.39. The number of nitrogens with zero attached hydrogens (tertiary/aromatic N) is 5. The van der Waals surface area contributed by atoms with Crippen LogP contribution in [0.2, 0.25) is 0 Å². The number of nitrogens with two attached hydrogens (primary N) is 2. The number of ether oxygens (including phenoxy) is 13. The average molecular weight is 1690 g/mol. The van der Waals surface area contributed by atoms with E-state index in [-0.39, 0.29) is 87.1 Å². The van der Waals surface area contributed by atoms with Crippen LogP contribution in [-0.4, -0.2) is 285 Å². The number of cyclic esters (lactones) is 1. The minimum Gasteiger partial charge on any atom is -0.495 e. The van der Waals surface area contributed by atoms with Gasteiger partial charge in [-0.1, -0.05) is 76.3 Å². The lowest BCUT2D eigenvalue weighted by molar-refractivity contribution is -0.265. The van der Waals surface area contributed by atoms with Crippen LogP contribution in [0.1, 0.15) is 156 Å². The zero-order valence-electron chi connectivity index (χ0n) is 71.4. The number of allylic oxidation sites excluding steroid dienone is 5. The van der Waals surface area contributed by atoms with Crippen molar-refractivity contribution in [2.45, 2.75) is 217 Å². The number of alkyl carbamates (subject to hydrolysis) is 1. The monoisotopic (exact) mass is 1680 g/mol. The normalized spacial score (nSPS) is 29.9. The van der Waals surface area contributed by atoms with Crippen LogP contribution >= 0.6 is 0 Å². The van der Waals surface area contributed by atoms with Gasteiger partial charge in [0.1, 0.15) is 59.6 Å². The van der Waals surface area contributed by atoms with Gasteiger partial charge in [-0.2, -0.15) is 5.10 Å². The summed E-state index contributed by atoms with van der Waals surface area (Å²) in [7, 11) is 4.72. The fraction of sp³-hybridized carbons (Fsp3) is 0.690. The molecule has 2 bridgehead atoms. The van der Waals surface area contributed by atoms with Gasteiger partial charge in [-0.25, -0.2) is 24.1 Å². The smallest absolute Gasteiger partial charge is 0.407 e. The summed E-state index contributed by atoms with van der Waals surface area (Å²) in [5.74, 6) is -6.61. The molecule has 4 aromatic rings. The number of esters is 1. The number of carbonyl (C=O) groups excluding carboxylic acids is 6. The van der Waals surface area contributed by atoms with E-state index >= 15 is 0 Å². The summed E-state index contributed by atoms with van der Waals surface area (Å²) >= 11 is 0. The number of Topliss-reactive ketones (excluding diaryl/α,β-unsaturated/α-hetero) is 2. The Hall–Kier alpha value is -7.71. The third-order valence-corrected chi connectivity index (χ3v) is 23.7. The standard InChI is InChI=1S/C87H132N10O23/c1-54-16-11-10-12-17-55(2)71(109-8)51-64-27-21-59(6)87(107,120-64)80(102)84(104)96-31-14-13-19-67(96)85(105)118-72(52-68(98)56(3)47-58(5)78(100)79(101)77(99)57(4)46-54)65(88)48-60-22-28-69(73(49-60)110-9)119-86(106)91-30-33-112-35-37-114-39-41-116-43-45-117-44-42-115-40-38-113-36-34-111-32-29-90-83(103)62-25-23-61(24-26-62)82-95-75(76-81(89)92-53-93-97(76)82)66-50-63-18-15-20-70(108-7)74(63)94-66/h10-12,15-18,20,47,50,53-54,56-57,59-62,64-65,67-69,71-73,78-79,94,98,100-101,107H,13-14,19,21-46,48-49,51-52,88H2,1-9H3,(H,90,103)(H,91,106)(H2,89,92,93)/b12-10+,16-11+,55-17+,58-47+/t54-,56-,57-,59-,60+,61?,62?,64+,65-,67+,68-,69-,71+,72+,73-,78-,79+,87-/m1/s1. The average Bonchev–Trinajstić information content (AvgIpc) is 1.53. The number of anilines is 1. The van der Waals surface area contributed by atoms with Gasteiger partial charge in [0.15, 0.2) is 11.6 Å². The quantitative estimate of drug-likeness (QED) is 0.00971. The van der Waals surface area contributed by atoms with Gasteiger partial charge in [0.2, 0.25) is 11.7 Å². The number of aromatic nitrogens is 5. The Balaban J connectivity index is 0.611. The zero-order chi connectivity index (χ0) is 86.3. The summed E-state index contributed by atoms with van der Waals surface area (Å²) in [6, 6.07) is 5.72. The summed E-state index contributed by atoms with van der Waals surface area (Å²) < 4.78 is 76.8. The number of methoxy groups -OCH3 is 3. The number of H-pyrrole nitrogens is 1. The van der Waals surface area contributed by atoms with Crippen molar-refractivity contribution in [2.24, 2.45) is 41.2 Å². The molecule has 16 atom stereocenters. The van der Waals surface area contributed by atoms with E-state index in [0.29, 0.717) is 154 Å². The lowest BCUT2D eigenvalue weighted by Crippen LogP contribution is -2.61. The zero-order valence-corrected chi connectivity index (χ0v) is 71.4. The molecule has 0 unspecified atom stereocenters. The molecule has 6 heterocycles. The number of imidazole rings is 1. The molecule has 33 nitrogen and oxygen atoms in total. The Morgan fingerprint density at radius 3 is 2.01 bits per heavy atom. The first kappa shape index (κ1) is 96.1. The molecule has 9 rings (SSSR count). The van der Waals surface area contributed by atoms with E-state index in [1.165, 1.54) is 13.4 Å². The topological polar surface area (TPSA) is 442 Å². The number of nitrogen functional groups attached to an aromatic ring is 1. The van der Waals surface area contributed by atoms with Gasteiger partial charge in [-0.15, -0.1) is 0 Å². The maximum Gasteiger partial charge on any atom is 0.407 e. The molecule has 2 aliphatic carbocycles. The number of ketones is 2. The first-order chi connectivity index (χ1) is 57.8. The Morgan fingerprint density at radius 2 is 1.37 bits per heavy atom. The number of benzene rings is 1. The van der Waals surface area contributed by atoms with Crippen molar-refractivity contribution in [3.8, 4) is 17.1 Å². The second-order valence-electron chi connectivity index (χ2n) is 32.5. The van der Waals surface area contributed by atoms with Crippen molar-refractivity contribution in [1.82, 2.24) is 40.1 Å². The molecule has 2 saturated heterocycles. The molecular weight excluding hydrogens is 1550 g/mol. The van der Waals surface area contributed by atoms with Crippen molar-refractivity contribution in [3.63, 3.8) is 0 Å². The number of fused-ring (bicyclic) bond motifs is 5. The first-order valence-corrected chi connectivity index (χ1v) is 42.8. The number of nitrogens with one attached hydrogen (secondary N) is 3. The number of aliphatic hydroxyl groups excluding tert-OH is 3. The van der Waals surface area contributed by atoms with Crippen LogP contribution in [0.25, 0.3) is 27.8 Å². The van der Waals surface area contributed by atoms with E-state index in [2.05, 4.69) is 25.7 Å². The molecule has 668 valence electrons. The Bertz CT molecular complexity index is 4010. The van der Waals surface area contributed by atoms with E-state index in [1.54, 1.807) is 52.5 Å². The number of aromatic amines is 1. The van der Waals surface area contributed by atoms with Crippen molar-refractivity contribution in [1.29, 1.82) is 0 Å². The Kier molecular flexibility index (Phi) is 39.2. The van der Waals surface area contributed by atoms with E-state index in [9.17, 15) is 49.2 Å². The molecule has 33 heteroatoms. The molecule has 3 amide bonds. The van der Waals surface area contributed by atoms with Crippen LogP contribution in [0.3, 0.4) is 0 Å². The molecule has 0 radical (unpaired) electrons. The predicted molar refractivity (Wildman–Crippen MR) is 445 cm³/mol. The molecule has 3 aliphatic heterocycles. The van der Waals surface area contributed by atoms with Crippen LogP contribution in [0, 0.1) is 35.5 Å². The van der Waals surface area contributed by atoms with Gasteiger partial charge in [0.25, 0.3) is 11.7 Å². The fourth-order valence-electron chi connectivity index (χ4n) is 16.6. The second kappa shape index (κ2) is 49.0. The van der Waals surface area contributed by atoms with E-state index in [4.69, 9.17) is 78.0 Å².